The summed E-state index contributed by atoms with van der Waals surface area (Å²) >= 11 is 0. The first-order chi connectivity index (χ1) is 12.6. The molecule has 0 bridgehead atoms. The SMILES string of the molecule is COc1cccc(C(=O)N2CCCC(CCc3ccc(F)cc3)C2)c1O. The van der Waals surface area contributed by atoms with Crippen LogP contribution in [-0.4, -0.2) is 36.1 Å². The van der Waals surface area contributed by atoms with Crippen LogP contribution in [0.2, 0.25) is 0 Å². The monoisotopic (exact) mass is 357 g/mol. The van der Waals surface area contributed by atoms with E-state index >= 15 is 0 Å². The summed E-state index contributed by atoms with van der Waals surface area (Å²) in [5, 5.41) is 10.2. The Labute approximate surface area is 153 Å². The number of halogens is 1. The molecule has 138 valence electrons. The summed E-state index contributed by atoms with van der Waals surface area (Å²) in [6, 6.07) is 11.6. The number of phenolic OH excluding ortho intramolecular Hbond substituents is 1. The van der Waals surface area contributed by atoms with Gasteiger partial charge in [0.1, 0.15) is 5.82 Å². The number of methoxy groups -OCH3 is 1. The van der Waals surface area contributed by atoms with Gasteiger partial charge in [-0.15, -0.1) is 0 Å². The average molecular weight is 357 g/mol. The van der Waals surface area contributed by atoms with Crippen LogP contribution in [0.25, 0.3) is 0 Å². The second-order valence-electron chi connectivity index (χ2n) is 6.78. The van der Waals surface area contributed by atoms with E-state index in [4.69, 9.17) is 4.74 Å². The van der Waals surface area contributed by atoms with Gasteiger partial charge < -0.3 is 14.7 Å². The van der Waals surface area contributed by atoms with Gasteiger partial charge >= 0.3 is 0 Å². The van der Waals surface area contributed by atoms with Gasteiger partial charge in [0.05, 0.1) is 12.7 Å². The molecule has 1 aliphatic heterocycles. The Morgan fingerprint density at radius 1 is 1.27 bits per heavy atom. The molecular weight excluding hydrogens is 333 g/mol. The minimum atomic E-state index is -0.221. The molecule has 26 heavy (non-hydrogen) atoms. The summed E-state index contributed by atoms with van der Waals surface area (Å²) in [7, 11) is 1.47. The lowest BCUT2D eigenvalue weighted by molar-refractivity contribution is 0.0664. The Morgan fingerprint density at radius 2 is 2.04 bits per heavy atom. The summed E-state index contributed by atoms with van der Waals surface area (Å²) in [5.74, 6) is 0.230. The van der Waals surface area contributed by atoms with E-state index < -0.39 is 0 Å². The average Bonchev–Trinajstić information content (AvgIpc) is 2.67. The maximum Gasteiger partial charge on any atom is 0.257 e. The number of ether oxygens (including phenoxy) is 1. The van der Waals surface area contributed by atoms with Crippen LogP contribution in [0.4, 0.5) is 4.39 Å². The number of likely N-dealkylation sites (tertiary alicyclic amines) is 1. The summed E-state index contributed by atoms with van der Waals surface area (Å²) < 4.78 is 18.1. The van der Waals surface area contributed by atoms with E-state index in [1.807, 2.05) is 17.0 Å². The van der Waals surface area contributed by atoms with Crippen molar-refractivity contribution >= 4 is 5.91 Å². The van der Waals surface area contributed by atoms with Crippen molar-refractivity contribution in [3.05, 3.63) is 59.4 Å². The zero-order valence-corrected chi connectivity index (χ0v) is 15.0. The Hall–Kier alpha value is -2.56. The molecule has 2 aromatic carbocycles. The summed E-state index contributed by atoms with van der Waals surface area (Å²) in [6.45, 7) is 1.37. The number of benzene rings is 2. The number of aromatic hydroxyl groups is 1. The molecule has 0 radical (unpaired) electrons. The van der Waals surface area contributed by atoms with Gasteiger partial charge in [-0.2, -0.15) is 0 Å². The zero-order valence-electron chi connectivity index (χ0n) is 15.0. The molecular formula is C21H24FNO3. The van der Waals surface area contributed by atoms with Crippen LogP contribution in [-0.2, 0) is 6.42 Å². The van der Waals surface area contributed by atoms with Crippen LogP contribution >= 0.6 is 0 Å². The lowest BCUT2D eigenvalue weighted by atomic mass is 9.91. The molecule has 0 aliphatic carbocycles. The first-order valence-electron chi connectivity index (χ1n) is 8.98. The fourth-order valence-corrected chi connectivity index (χ4v) is 3.54. The Kier molecular flexibility index (Phi) is 5.76. The Balaban J connectivity index is 1.62. The largest absolute Gasteiger partial charge is 0.504 e. The molecule has 2 aromatic rings. The van der Waals surface area contributed by atoms with E-state index in [0.29, 0.717) is 24.8 Å². The standard InChI is InChI=1S/C21H24FNO3/c1-26-19-6-2-5-18(20(19)24)21(25)23-13-3-4-16(14-23)8-7-15-9-11-17(22)12-10-15/h2,5-6,9-12,16,24H,3-4,7-8,13-14H2,1H3. The number of nitrogens with zero attached hydrogens (tertiary/aromatic N) is 1. The number of hydrogen-bond acceptors (Lipinski definition) is 3. The highest BCUT2D eigenvalue weighted by molar-refractivity contribution is 5.97. The third-order valence-corrected chi connectivity index (χ3v) is 5.01. The minimum Gasteiger partial charge on any atom is -0.504 e. The van der Waals surface area contributed by atoms with Crippen LogP contribution in [0.15, 0.2) is 42.5 Å². The third kappa shape index (κ3) is 4.15. The molecule has 1 saturated heterocycles. The molecule has 1 heterocycles. The fourth-order valence-electron chi connectivity index (χ4n) is 3.54. The number of carbonyl (C=O) groups excluding carboxylic acids is 1. The van der Waals surface area contributed by atoms with Crippen molar-refractivity contribution < 1.29 is 19.0 Å². The van der Waals surface area contributed by atoms with Crippen molar-refractivity contribution in [2.45, 2.75) is 25.7 Å². The number of carbonyl (C=O) groups is 1. The highest BCUT2D eigenvalue weighted by Crippen LogP contribution is 2.31. The van der Waals surface area contributed by atoms with Crippen molar-refractivity contribution in [1.29, 1.82) is 0 Å². The Bertz CT molecular complexity index is 760. The van der Waals surface area contributed by atoms with E-state index in [0.717, 1.165) is 31.2 Å². The number of aryl methyl sites for hydroxylation is 1. The minimum absolute atomic E-state index is 0.103. The molecule has 1 amide bonds. The van der Waals surface area contributed by atoms with Crippen LogP contribution in [0, 0.1) is 11.7 Å². The highest BCUT2D eigenvalue weighted by atomic mass is 19.1. The zero-order chi connectivity index (χ0) is 18.5. The summed E-state index contributed by atoms with van der Waals surface area (Å²) in [6.07, 6.45) is 3.86. The second kappa shape index (κ2) is 8.21. The van der Waals surface area contributed by atoms with E-state index in [1.54, 1.807) is 18.2 Å². The van der Waals surface area contributed by atoms with Gasteiger partial charge in [-0.3, -0.25) is 4.79 Å². The number of amides is 1. The molecule has 1 unspecified atom stereocenters. The maximum atomic E-state index is 13.0. The normalized spacial score (nSPS) is 17.2. The van der Waals surface area contributed by atoms with Gasteiger partial charge in [-0.1, -0.05) is 18.2 Å². The van der Waals surface area contributed by atoms with Gasteiger partial charge in [0.2, 0.25) is 0 Å². The molecule has 5 heteroatoms. The van der Waals surface area contributed by atoms with Crippen LogP contribution in [0.5, 0.6) is 11.5 Å². The van der Waals surface area contributed by atoms with Crippen LogP contribution in [0.1, 0.15) is 35.2 Å². The van der Waals surface area contributed by atoms with Gasteiger partial charge in [-0.25, -0.2) is 4.39 Å². The van der Waals surface area contributed by atoms with E-state index in [2.05, 4.69) is 0 Å². The van der Waals surface area contributed by atoms with E-state index in [-0.39, 0.29) is 23.0 Å². The lowest BCUT2D eigenvalue weighted by Gasteiger charge is -2.33. The predicted octanol–water partition coefficient (Wildman–Crippen LogP) is 4.02. The molecule has 1 aliphatic rings. The van der Waals surface area contributed by atoms with Crippen LogP contribution in [0.3, 0.4) is 0 Å². The van der Waals surface area contributed by atoms with Crippen molar-refractivity contribution in [3.8, 4) is 11.5 Å². The highest BCUT2D eigenvalue weighted by Gasteiger charge is 2.26. The summed E-state index contributed by atoms with van der Waals surface area (Å²) in [4.78, 5) is 14.6. The van der Waals surface area contributed by atoms with Gasteiger partial charge in [0.15, 0.2) is 11.5 Å². The van der Waals surface area contributed by atoms with Gasteiger partial charge in [0, 0.05) is 13.1 Å². The third-order valence-electron chi connectivity index (χ3n) is 5.01. The first-order valence-corrected chi connectivity index (χ1v) is 8.98. The van der Waals surface area contributed by atoms with E-state index in [9.17, 15) is 14.3 Å². The van der Waals surface area contributed by atoms with E-state index in [1.165, 1.54) is 19.2 Å². The molecule has 1 N–H and O–H groups in total. The molecule has 1 fully saturated rings. The molecule has 0 spiro atoms. The number of rotatable bonds is 5. The molecule has 3 rings (SSSR count). The quantitative estimate of drug-likeness (QED) is 0.879. The number of piperidine rings is 1. The van der Waals surface area contributed by atoms with Crippen molar-refractivity contribution in [3.63, 3.8) is 0 Å². The molecule has 4 nitrogen and oxygen atoms in total. The number of phenols is 1. The maximum absolute atomic E-state index is 13.0. The molecule has 1 atom stereocenters. The topological polar surface area (TPSA) is 49.8 Å². The van der Waals surface area contributed by atoms with Crippen molar-refractivity contribution in [2.24, 2.45) is 5.92 Å². The Morgan fingerprint density at radius 3 is 2.77 bits per heavy atom. The fraction of sp³-hybridized carbons (Fsp3) is 0.381. The lowest BCUT2D eigenvalue weighted by Crippen LogP contribution is -2.40. The molecule has 0 aromatic heterocycles. The second-order valence-corrected chi connectivity index (χ2v) is 6.78. The van der Waals surface area contributed by atoms with Gasteiger partial charge in [-0.05, 0) is 61.4 Å². The van der Waals surface area contributed by atoms with Crippen LogP contribution < -0.4 is 4.74 Å². The van der Waals surface area contributed by atoms with Crippen molar-refractivity contribution in [2.75, 3.05) is 20.2 Å². The predicted molar refractivity (Wildman–Crippen MR) is 98.0 cm³/mol. The first kappa shape index (κ1) is 18.2. The summed E-state index contributed by atoms with van der Waals surface area (Å²) in [5.41, 5.74) is 1.39. The van der Waals surface area contributed by atoms with Crippen molar-refractivity contribution in [1.82, 2.24) is 4.90 Å². The number of para-hydroxylation sites is 1. The van der Waals surface area contributed by atoms with Gasteiger partial charge in [0.25, 0.3) is 5.91 Å². The number of hydrogen-bond donors (Lipinski definition) is 1. The molecule has 0 saturated carbocycles. The smallest absolute Gasteiger partial charge is 0.257 e.